The highest BCUT2D eigenvalue weighted by Gasteiger charge is 2.17. The molecule has 0 N–H and O–H groups in total. The van der Waals surface area contributed by atoms with E-state index in [9.17, 15) is 16.4 Å². The number of fused-ring (bicyclic) bond motifs is 2. The van der Waals surface area contributed by atoms with Crippen molar-refractivity contribution in [2.24, 2.45) is 0 Å². The summed E-state index contributed by atoms with van der Waals surface area (Å²) in [7, 11) is 0. The number of benzene rings is 11. The Balaban J connectivity index is 1.19. The van der Waals surface area contributed by atoms with Gasteiger partial charge in [0.2, 0.25) is 0 Å². The van der Waals surface area contributed by atoms with Crippen LogP contribution in [0.2, 0.25) is 0 Å². The first kappa shape index (κ1) is 26.8. The van der Waals surface area contributed by atoms with E-state index in [4.69, 9.17) is 0 Å². The minimum absolute atomic E-state index is 0.0479. The number of anilines is 3. The van der Waals surface area contributed by atoms with Crippen LogP contribution in [0.5, 0.6) is 0 Å². The molecule has 0 spiro atoms. The fourth-order valence-corrected chi connectivity index (χ4v) is 8.27. The summed E-state index contributed by atoms with van der Waals surface area (Å²) in [5.41, 5.74) is 3.99. The molecule has 11 aromatic carbocycles. The zero-order valence-electron chi connectivity index (χ0n) is 45.8. The molecule has 0 radical (unpaired) electrons. The highest BCUT2D eigenvalue weighted by molar-refractivity contribution is 6.04. The number of hydrogen-bond acceptors (Lipinski definition) is 1. The van der Waals surface area contributed by atoms with Gasteiger partial charge in [-0.05, 0) is 131 Å². The number of rotatable bonds is 9. The summed E-state index contributed by atoms with van der Waals surface area (Å²) in [5.74, 6) is 0. The second kappa shape index (κ2) is 16.7. The second-order valence-electron chi connectivity index (χ2n) is 15.1. The van der Waals surface area contributed by atoms with Gasteiger partial charge in [0.05, 0.1) is 16.4 Å². The Labute approximate surface area is 386 Å². The molecule has 0 heterocycles. The highest BCUT2D eigenvalue weighted by atomic mass is 15.1. The molecule has 0 bridgehead atoms. The van der Waals surface area contributed by atoms with Crippen LogP contribution in [0.1, 0.15) is 16.4 Å². The number of hydrogen-bond donors (Lipinski definition) is 0. The summed E-state index contributed by atoms with van der Waals surface area (Å²) < 4.78 is 117. The molecule has 0 aliphatic heterocycles. The SMILES string of the molecule is [2H]c1c([2H])c(N(c2c([2H])c([2H])c(-c3ccc4ccccc4c3-c3ccccc3)c([2H])c2[2H])c2c([2H])c([2H])c(-c3cccc4ccccc34)c([2H])c2[2H])c([2H])c([2H])c1-c1ccc(-c2ccccc2)c(-c2ccccc2)c1. The van der Waals surface area contributed by atoms with Crippen molar-refractivity contribution >= 4 is 38.6 Å². The smallest absolute Gasteiger partial charge is 0.0645 e. The highest BCUT2D eigenvalue weighted by Crippen LogP contribution is 2.42. The summed E-state index contributed by atoms with van der Waals surface area (Å²) in [6, 6.07) is 50.8. The molecule has 0 fully saturated rings. The fraction of sp³-hybridized carbons (Fsp3) is 0. The minimum Gasteiger partial charge on any atom is -0.311 e. The average Bonchev–Trinajstić information content (AvgIpc) is 3.45. The van der Waals surface area contributed by atoms with Crippen LogP contribution in [0, 0.1) is 0 Å². The van der Waals surface area contributed by atoms with Crippen LogP contribution < -0.4 is 4.90 Å². The van der Waals surface area contributed by atoms with E-state index in [1.54, 1.807) is 30.3 Å². The van der Waals surface area contributed by atoms with E-state index in [0.717, 1.165) is 48.9 Å². The van der Waals surface area contributed by atoms with E-state index >= 15 is 0 Å². The van der Waals surface area contributed by atoms with Gasteiger partial charge >= 0.3 is 0 Å². The zero-order valence-corrected chi connectivity index (χ0v) is 33.8. The Morgan fingerprint density at radius 2 is 0.698 bits per heavy atom. The lowest BCUT2D eigenvalue weighted by molar-refractivity contribution is 1.28. The van der Waals surface area contributed by atoms with Gasteiger partial charge in [0.1, 0.15) is 0 Å². The van der Waals surface area contributed by atoms with Crippen molar-refractivity contribution in [3.63, 3.8) is 0 Å². The molecular weight excluding hydrogens is 759 g/mol. The van der Waals surface area contributed by atoms with E-state index < -0.39 is 89.6 Å². The molecule has 63 heavy (non-hydrogen) atoms. The van der Waals surface area contributed by atoms with E-state index in [-0.39, 0.29) is 16.7 Å². The van der Waals surface area contributed by atoms with Crippen LogP contribution in [-0.2, 0) is 0 Å². The predicted octanol–water partition coefficient (Wildman–Crippen LogP) is 17.5. The van der Waals surface area contributed by atoms with Crippen molar-refractivity contribution in [2.75, 3.05) is 4.90 Å². The topological polar surface area (TPSA) is 3.24 Å². The molecule has 0 unspecified atom stereocenters. The van der Waals surface area contributed by atoms with E-state index in [0.29, 0.717) is 27.6 Å². The second-order valence-corrected chi connectivity index (χ2v) is 15.1. The number of nitrogens with zero attached hydrogens (tertiary/aromatic N) is 1. The average molecular weight is 814 g/mol. The predicted molar refractivity (Wildman–Crippen MR) is 269 cm³/mol. The molecule has 296 valence electrons. The summed E-state index contributed by atoms with van der Waals surface area (Å²) in [4.78, 5) is 0.870. The normalized spacial score (nSPS) is 13.8. The van der Waals surface area contributed by atoms with Crippen molar-refractivity contribution in [3.8, 4) is 66.8 Å². The van der Waals surface area contributed by atoms with Crippen LogP contribution in [0.4, 0.5) is 17.1 Å². The molecule has 0 aliphatic carbocycles. The third-order valence-corrected chi connectivity index (χ3v) is 11.3. The van der Waals surface area contributed by atoms with E-state index in [2.05, 4.69) is 0 Å². The third-order valence-electron chi connectivity index (χ3n) is 11.3. The van der Waals surface area contributed by atoms with Gasteiger partial charge in [-0.3, -0.25) is 0 Å². The van der Waals surface area contributed by atoms with Crippen LogP contribution in [-0.4, -0.2) is 0 Å². The maximum atomic E-state index is 9.86. The molecule has 0 saturated carbocycles. The Morgan fingerprint density at radius 3 is 1.30 bits per heavy atom. The Bertz CT molecular complexity index is 4000. The quantitative estimate of drug-likeness (QED) is 0.140. The Kier molecular flexibility index (Phi) is 7.10. The molecule has 1 nitrogen and oxygen atoms in total. The summed E-state index contributed by atoms with van der Waals surface area (Å²) in [6.45, 7) is 0. The van der Waals surface area contributed by atoms with Crippen molar-refractivity contribution in [1.82, 2.24) is 0 Å². The van der Waals surface area contributed by atoms with Crippen molar-refractivity contribution in [3.05, 3.63) is 261 Å². The van der Waals surface area contributed by atoms with Gasteiger partial charge in [-0.1, -0.05) is 218 Å². The van der Waals surface area contributed by atoms with Crippen molar-refractivity contribution in [1.29, 1.82) is 0 Å². The van der Waals surface area contributed by atoms with Gasteiger partial charge in [-0.15, -0.1) is 0 Å². The maximum absolute atomic E-state index is 9.86. The lowest BCUT2D eigenvalue weighted by atomic mass is 9.90. The molecule has 11 aromatic rings. The third kappa shape index (κ3) is 7.37. The first-order chi connectivity index (χ1) is 36.3. The molecule has 0 aromatic heterocycles. The van der Waals surface area contributed by atoms with Gasteiger partial charge in [0.25, 0.3) is 0 Å². The summed E-state index contributed by atoms with van der Waals surface area (Å²) in [5, 5.41) is 3.13. The monoisotopic (exact) mass is 813 g/mol. The molecule has 11 rings (SSSR count). The zero-order chi connectivity index (χ0) is 52.4. The fourth-order valence-electron chi connectivity index (χ4n) is 8.27. The standard InChI is InChI=1S/C62H43N/c1-4-15-45(16-5-1)58-41-34-52(43-61(58)47-17-6-2-7-18-47)44-27-35-53(36-28-44)63(54-37-29-49(30-38-54)57-26-14-23-46-19-10-12-24-56(46)57)55-39-31-50(32-40-55)60-42-33-48-20-11-13-25-59(48)62(60)51-21-8-3-9-22-51/h1-43H/i27D,28D,29D,30D,31D,32D,35D,36D,37D,38D,39D,40D. The van der Waals surface area contributed by atoms with E-state index in [1.165, 1.54) is 0 Å². The van der Waals surface area contributed by atoms with Crippen molar-refractivity contribution < 1.29 is 16.4 Å². The molecule has 0 atom stereocenters. The van der Waals surface area contributed by atoms with Crippen LogP contribution >= 0.6 is 0 Å². The molecule has 0 aliphatic rings. The van der Waals surface area contributed by atoms with E-state index in [1.807, 2.05) is 158 Å². The van der Waals surface area contributed by atoms with Gasteiger partial charge in [0.15, 0.2) is 0 Å². The van der Waals surface area contributed by atoms with Gasteiger partial charge < -0.3 is 4.90 Å². The van der Waals surface area contributed by atoms with Gasteiger partial charge in [0, 0.05) is 17.1 Å². The lowest BCUT2D eigenvalue weighted by Crippen LogP contribution is -2.09. The first-order valence-electron chi connectivity index (χ1n) is 26.7. The molecule has 1 heteroatoms. The molecule has 0 saturated heterocycles. The summed E-state index contributed by atoms with van der Waals surface area (Å²) in [6.07, 6.45) is 0. The van der Waals surface area contributed by atoms with Gasteiger partial charge in [-0.25, -0.2) is 0 Å². The summed E-state index contributed by atoms with van der Waals surface area (Å²) >= 11 is 0. The maximum Gasteiger partial charge on any atom is 0.0645 e. The van der Waals surface area contributed by atoms with Gasteiger partial charge in [-0.2, -0.15) is 0 Å². The minimum atomic E-state index is -0.684. The lowest BCUT2D eigenvalue weighted by Gasteiger charge is -2.26. The molecule has 0 amide bonds. The van der Waals surface area contributed by atoms with Crippen LogP contribution in [0.25, 0.3) is 88.3 Å². The van der Waals surface area contributed by atoms with Crippen LogP contribution in [0.15, 0.2) is 261 Å². The van der Waals surface area contributed by atoms with Crippen LogP contribution in [0.3, 0.4) is 0 Å². The Hall–Kier alpha value is -8.26. The Morgan fingerprint density at radius 1 is 0.254 bits per heavy atom. The largest absolute Gasteiger partial charge is 0.311 e. The van der Waals surface area contributed by atoms with Crippen molar-refractivity contribution in [2.45, 2.75) is 0 Å². The first-order valence-corrected chi connectivity index (χ1v) is 20.7. The molecular formula is C62H43N.